The number of nitrogens with one attached hydrogen (secondary N) is 1. The van der Waals surface area contributed by atoms with Crippen molar-refractivity contribution in [1.82, 2.24) is 19.9 Å². The van der Waals surface area contributed by atoms with E-state index in [1.54, 1.807) is 35.2 Å². The third kappa shape index (κ3) is 6.61. The molecule has 0 saturated carbocycles. The normalized spacial score (nSPS) is 16.7. The van der Waals surface area contributed by atoms with Crippen molar-refractivity contribution in [2.45, 2.75) is 25.4 Å². The molecule has 0 radical (unpaired) electrons. The highest BCUT2D eigenvalue weighted by Gasteiger charge is 2.37. The van der Waals surface area contributed by atoms with Crippen molar-refractivity contribution in [2.75, 3.05) is 11.9 Å². The van der Waals surface area contributed by atoms with Crippen molar-refractivity contribution >= 4 is 23.2 Å². The van der Waals surface area contributed by atoms with Crippen LogP contribution in [0.4, 0.5) is 14.5 Å². The van der Waals surface area contributed by atoms with E-state index < -0.39 is 0 Å². The average molecular weight is 550 g/mol. The fourth-order valence-electron chi connectivity index (χ4n) is 4.73. The standard InChI is InChI=1S/C29H26ClF2N5O2/c1-19(35-24-6-10-26(11-7-24)39-25-8-4-22(31)5-9-25)28-15-20(14-21-2-3-23(32)16-27(21)30)17-36(28)29(38)18-37-33-12-13-34-37/h2-13,16,20,28,35H,1,14-15,17-18H2/t20-,28+/m1/s1. The van der Waals surface area contributed by atoms with Gasteiger partial charge in [-0.15, -0.1) is 0 Å². The molecule has 0 bridgehead atoms. The van der Waals surface area contributed by atoms with Gasteiger partial charge in [0.1, 0.15) is 29.7 Å². The van der Waals surface area contributed by atoms with Crippen LogP contribution in [0.3, 0.4) is 0 Å². The summed E-state index contributed by atoms with van der Waals surface area (Å²) in [6.45, 7) is 4.75. The Balaban J connectivity index is 1.28. The molecule has 1 saturated heterocycles. The Kier molecular flexibility index (Phi) is 7.88. The molecule has 3 aromatic carbocycles. The topological polar surface area (TPSA) is 72.3 Å². The third-order valence-corrected chi connectivity index (χ3v) is 6.94. The van der Waals surface area contributed by atoms with E-state index in [0.717, 1.165) is 11.3 Å². The van der Waals surface area contributed by atoms with Crippen LogP contribution in [0.1, 0.15) is 12.0 Å². The number of amides is 1. The van der Waals surface area contributed by atoms with Gasteiger partial charge >= 0.3 is 0 Å². The summed E-state index contributed by atoms with van der Waals surface area (Å²) in [5.74, 6) is 0.374. The van der Waals surface area contributed by atoms with Gasteiger partial charge in [0.2, 0.25) is 5.91 Å². The largest absolute Gasteiger partial charge is 0.457 e. The highest BCUT2D eigenvalue weighted by atomic mass is 35.5. The molecule has 4 aromatic rings. The lowest BCUT2D eigenvalue weighted by Crippen LogP contribution is -2.40. The fraction of sp³-hybridized carbons (Fsp3) is 0.207. The number of benzene rings is 3. The molecule has 7 nitrogen and oxygen atoms in total. The van der Waals surface area contributed by atoms with E-state index in [2.05, 4.69) is 22.1 Å². The maximum absolute atomic E-state index is 13.5. The summed E-state index contributed by atoms with van der Waals surface area (Å²) in [5.41, 5.74) is 2.27. The number of hydrogen-bond donors (Lipinski definition) is 1. The molecule has 39 heavy (non-hydrogen) atoms. The van der Waals surface area contributed by atoms with Crippen LogP contribution in [0.15, 0.2) is 91.4 Å². The van der Waals surface area contributed by atoms with E-state index in [4.69, 9.17) is 16.3 Å². The number of carbonyl (C=O) groups excluding carboxylic acids is 1. The molecule has 5 rings (SSSR count). The van der Waals surface area contributed by atoms with Gasteiger partial charge in [-0.1, -0.05) is 24.2 Å². The van der Waals surface area contributed by atoms with E-state index in [1.165, 1.54) is 41.5 Å². The number of carbonyl (C=O) groups is 1. The molecule has 1 N–H and O–H groups in total. The summed E-state index contributed by atoms with van der Waals surface area (Å²) < 4.78 is 32.4. The van der Waals surface area contributed by atoms with E-state index in [-0.39, 0.29) is 36.0 Å². The third-order valence-electron chi connectivity index (χ3n) is 6.59. The first kappa shape index (κ1) is 26.4. The summed E-state index contributed by atoms with van der Waals surface area (Å²) in [6, 6.07) is 17.2. The maximum atomic E-state index is 13.5. The van der Waals surface area contributed by atoms with Crippen molar-refractivity contribution in [3.63, 3.8) is 0 Å². The van der Waals surface area contributed by atoms with Crippen LogP contribution in [0.2, 0.25) is 5.02 Å². The Morgan fingerprint density at radius 3 is 2.31 bits per heavy atom. The zero-order valence-electron chi connectivity index (χ0n) is 20.9. The van der Waals surface area contributed by atoms with Gasteiger partial charge < -0.3 is 15.0 Å². The van der Waals surface area contributed by atoms with Gasteiger partial charge in [-0.25, -0.2) is 8.78 Å². The number of ether oxygens (including phenoxy) is 1. The Morgan fingerprint density at radius 2 is 1.64 bits per heavy atom. The Bertz CT molecular complexity index is 1450. The predicted molar refractivity (Wildman–Crippen MR) is 144 cm³/mol. The van der Waals surface area contributed by atoms with Gasteiger partial charge in [-0.2, -0.15) is 15.0 Å². The Morgan fingerprint density at radius 1 is 1.00 bits per heavy atom. The number of anilines is 1. The molecule has 2 heterocycles. The van der Waals surface area contributed by atoms with Crippen LogP contribution in [0, 0.1) is 17.6 Å². The summed E-state index contributed by atoms with van der Waals surface area (Å²) in [4.78, 5) is 16.4. The molecular weight excluding hydrogens is 524 g/mol. The second-order valence-electron chi connectivity index (χ2n) is 9.39. The SMILES string of the molecule is C=C(Nc1ccc(Oc2ccc(F)cc2)cc1)[C@@H]1C[C@@H](Cc2ccc(F)cc2Cl)CN1C(=O)Cn1nccn1. The number of nitrogens with zero attached hydrogens (tertiary/aromatic N) is 4. The van der Waals surface area contributed by atoms with Gasteiger partial charge in [0.15, 0.2) is 0 Å². The number of hydrogen-bond acceptors (Lipinski definition) is 5. The average Bonchev–Trinajstić information content (AvgIpc) is 3.58. The maximum Gasteiger partial charge on any atom is 0.246 e. The Labute approximate surface area is 229 Å². The zero-order valence-corrected chi connectivity index (χ0v) is 21.7. The van der Waals surface area contributed by atoms with Gasteiger partial charge in [-0.05, 0) is 85.0 Å². The highest BCUT2D eigenvalue weighted by Crippen LogP contribution is 2.33. The lowest BCUT2D eigenvalue weighted by molar-refractivity contribution is -0.132. The van der Waals surface area contributed by atoms with Crippen LogP contribution in [0.5, 0.6) is 11.5 Å². The van der Waals surface area contributed by atoms with Crippen LogP contribution < -0.4 is 10.1 Å². The van der Waals surface area contributed by atoms with Crippen LogP contribution >= 0.6 is 11.6 Å². The highest BCUT2D eigenvalue weighted by molar-refractivity contribution is 6.31. The van der Waals surface area contributed by atoms with Crippen LogP contribution in [-0.4, -0.2) is 38.4 Å². The summed E-state index contributed by atoms with van der Waals surface area (Å²) >= 11 is 6.28. The minimum atomic E-state index is -0.386. The van der Waals surface area contributed by atoms with E-state index >= 15 is 0 Å². The van der Waals surface area contributed by atoms with E-state index in [0.29, 0.717) is 41.6 Å². The van der Waals surface area contributed by atoms with Crippen molar-refractivity contribution in [3.8, 4) is 11.5 Å². The second kappa shape index (κ2) is 11.7. The van der Waals surface area contributed by atoms with Crippen LogP contribution in [-0.2, 0) is 17.8 Å². The molecule has 1 aromatic heterocycles. The first-order chi connectivity index (χ1) is 18.8. The molecule has 1 amide bonds. The lowest BCUT2D eigenvalue weighted by atomic mass is 9.96. The number of halogens is 3. The molecule has 0 aliphatic carbocycles. The predicted octanol–water partition coefficient (Wildman–Crippen LogP) is 6.09. The molecule has 1 fully saturated rings. The van der Waals surface area contributed by atoms with E-state index in [9.17, 15) is 13.6 Å². The van der Waals surface area contributed by atoms with Crippen molar-refractivity contribution in [2.24, 2.45) is 5.92 Å². The molecule has 200 valence electrons. The fourth-order valence-corrected chi connectivity index (χ4v) is 4.97. The number of aromatic nitrogens is 3. The molecule has 0 unspecified atom stereocenters. The minimum Gasteiger partial charge on any atom is -0.457 e. The molecule has 2 atom stereocenters. The van der Waals surface area contributed by atoms with Gasteiger partial charge in [-0.3, -0.25) is 4.79 Å². The number of likely N-dealkylation sites (tertiary alicyclic amines) is 1. The summed E-state index contributed by atoms with van der Waals surface area (Å²) in [5, 5.41) is 11.8. The van der Waals surface area contributed by atoms with Gasteiger partial charge in [0.25, 0.3) is 0 Å². The van der Waals surface area contributed by atoms with Crippen molar-refractivity contribution in [1.29, 1.82) is 0 Å². The monoisotopic (exact) mass is 549 g/mol. The Hall–Kier alpha value is -4.24. The molecule has 1 aliphatic rings. The van der Waals surface area contributed by atoms with Crippen molar-refractivity contribution in [3.05, 3.63) is 114 Å². The summed E-state index contributed by atoms with van der Waals surface area (Å²) in [6.07, 6.45) is 4.31. The molecular formula is C29H26ClF2N5O2. The molecule has 10 heteroatoms. The quantitative estimate of drug-likeness (QED) is 0.274. The smallest absolute Gasteiger partial charge is 0.246 e. The van der Waals surface area contributed by atoms with E-state index in [1.807, 2.05) is 12.1 Å². The number of rotatable bonds is 9. The minimum absolute atomic E-state index is 0.0101. The zero-order chi connectivity index (χ0) is 27.4. The first-order valence-electron chi connectivity index (χ1n) is 12.4. The van der Waals surface area contributed by atoms with Gasteiger partial charge in [0, 0.05) is 23.0 Å². The summed E-state index contributed by atoms with van der Waals surface area (Å²) in [7, 11) is 0. The molecule has 0 spiro atoms. The van der Waals surface area contributed by atoms with Crippen molar-refractivity contribution < 1.29 is 18.3 Å². The second-order valence-corrected chi connectivity index (χ2v) is 9.80. The lowest BCUT2D eigenvalue weighted by Gasteiger charge is -2.27. The van der Waals surface area contributed by atoms with Gasteiger partial charge in [0.05, 0.1) is 18.4 Å². The van der Waals surface area contributed by atoms with Crippen LogP contribution in [0.25, 0.3) is 0 Å². The molecule has 1 aliphatic heterocycles. The first-order valence-corrected chi connectivity index (χ1v) is 12.8.